The Morgan fingerprint density at radius 1 is 0.765 bits per heavy atom. The van der Waals surface area contributed by atoms with Gasteiger partial charge in [-0.05, 0) is 0 Å². The van der Waals surface area contributed by atoms with E-state index < -0.39 is 0 Å². The zero-order valence-electron chi connectivity index (χ0n) is 11.3. The van der Waals surface area contributed by atoms with Crippen LogP contribution >= 0.6 is 0 Å². The molecule has 0 amide bonds. The monoisotopic (exact) mass is 243 g/mol. The fourth-order valence-corrected chi connectivity index (χ4v) is 1.35. The predicted molar refractivity (Wildman–Crippen MR) is 75.2 cm³/mol. The Bertz CT molecular complexity index is 171. The van der Waals surface area contributed by atoms with E-state index in [9.17, 15) is 0 Å². The van der Waals surface area contributed by atoms with E-state index in [2.05, 4.69) is 13.8 Å². The molecule has 0 radical (unpaired) electrons. The lowest BCUT2D eigenvalue weighted by Crippen LogP contribution is -2.39. The van der Waals surface area contributed by atoms with Gasteiger partial charge in [0.1, 0.15) is 0 Å². The highest BCUT2D eigenvalue weighted by atomic mass is 15.1. The largest absolute Gasteiger partial charge is 0.370 e. The molecule has 0 bridgehead atoms. The molecule has 0 saturated carbocycles. The zero-order chi connectivity index (χ0) is 13.5. The Balaban J connectivity index is 0. The van der Waals surface area contributed by atoms with Crippen LogP contribution in [0.4, 0.5) is 0 Å². The topological polar surface area (TPSA) is 112 Å². The van der Waals surface area contributed by atoms with Gasteiger partial charge in [0.15, 0.2) is 11.9 Å². The van der Waals surface area contributed by atoms with Crippen LogP contribution in [0.1, 0.15) is 65.2 Å². The standard InChI is InChI=1S/C10H22.C2H7N5/c1-3-5-7-9-10-8-6-4-2;3-1(4)7-2(5)6/h3-10H2,1-2H3;(H7,3,4,5,6,7). The molecule has 102 valence electrons. The van der Waals surface area contributed by atoms with Gasteiger partial charge in [-0.3, -0.25) is 16.1 Å². The van der Waals surface area contributed by atoms with Gasteiger partial charge in [0.2, 0.25) is 0 Å². The molecule has 5 heteroatoms. The fraction of sp³-hybridized carbons (Fsp3) is 0.833. The van der Waals surface area contributed by atoms with E-state index in [-0.39, 0.29) is 11.9 Å². The Hall–Kier alpha value is -1.26. The molecule has 17 heavy (non-hydrogen) atoms. The Morgan fingerprint density at radius 3 is 1.24 bits per heavy atom. The third kappa shape index (κ3) is 25.2. The summed E-state index contributed by atoms with van der Waals surface area (Å²) in [5.41, 5.74) is 9.49. The summed E-state index contributed by atoms with van der Waals surface area (Å²) >= 11 is 0. The molecule has 0 aromatic carbocycles. The molecule has 0 unspecified atom stereocenters. The van der Waals surface area contributed by atoms with Crippen molar-refractivity contribution in [3.05, 3.63) is 0 Å². The van der Waals surface area contributed by atoms with Crippen LogP contribution in [0, 0.1) is 10.8 Å². The van der Waals surface area contributed by atoms with Crippen LogP contribution in [0.15, 0.2) is 0 Å². The van der Waals surface area contributed by atoms with Crippen LogP contribution in [0.25, 0.3) is 0 Å². The lowest BCUT2D eigenvalue weighted by Gasteiger charge is -1.97. The molecule has 7 N–H and O–H groups in total. The van der Waals surface area contributed by atoms with Gasteiger partial charge in [0.05, 0.1) is 0 Å². The first-order valence-corrected chi connectivity index (χ1v) is 6.49. The van der Waals surface area contributed by atoms with Crippen LogP contribution in [-0.4, -0.2) is 11.9 Å². The highest BCUT2D eigenvalue weighted by Crippen LogP contribution is 2.07. The first-order valence-electron chi connectivity index (χ1n) is 6.49. The summed E-state index contributed by atoms with van der Waals surface area (Å²) in [7, 11) is 0. The van der Waals surface area contributed by atoms with Crippen molar-refractivity contribution in [1.29, 1.82) is 10.8 Å². The third-order valence-corrected chi connectivity index (χ3v) is 2.23. The SMILES string of the molecule is CCCCCCCCCC.N=C(N)NC(=N)N. The van der Waals surface area contributed by atoms with Crippen LogP contribution in [-0.2, 0) is 0 Å². The highest BCUT2D eigenvalue weighted by molar-refractivity contribution is 5.93. The van der Waals surface area contributed by atoms with Crippen molar-refractivity contribution < 1.29 is 0 Å². The van der Waals surface area contributed by atoms with E-state index in [1.165, 1.54) is 51.4 Å². The number of guanidine groups is 2. The smallest absolute Gasteiger partial charge is 0.192 e. The molecule has 0 aromatic rings. The number of nitrogens with one attached hydrogen (secondary N) is 3. The Labute approximate surface area is 105 Å². The minimum Gasteiger partial charge on any atom is -0.370 e. The van der Waals surface area contributed by atoms with Gasteiger partial charge in [-0.2, -0.15) is 0 Å². The van der Waals surface area contributed by atoms with Crippen LogP contribution in [0.3, 0.4) is 0 Å². The van der Waals surface area contributed by atoms with Gasteiger partial charge in [-0.25, -0.2) is 0 Å². The van der Waals surface area contributed by atoms with Crippen molar-refractivity contribution in [3.63, 3.8) is 0 Å². The minimum absolute atomic E-state index is 0.312. The highest BCUT2D eigenvalue weighted by Gasteiger charge is 1.87. The molecular formula is C12H29N5. The molecule has 0 fully saturated rings. The van der Waals surface area contributed by atoms with Gasteiger partial charge >= 0.3 is 0 Å². The number of rotatable bonds is 7. The molecular weight excluding hydrogens is 214 g/mol. The summed E-state index contributed by atoms with van der Waals surface area (Å²) < 4.78 is 0. The average molecular weight is 243 g/mol. The number of nitrogens with two attached hydrogens (primary N) is 2. The maximum atomic E-state index is 6.47. The average Bonchev–Trinajstić information content (AvgIpc) is 2.22. The maximum Gasteiger partial charge on any atom is 0.192 e. The van der Waals surface area contributed by atoms with Crippen molar-refractivity contribution in [2.45, 2.75) is 65.2 Å². The Morgan fingerprint density at radius 2 is 1.06 bits per heavy atom. The van der Waals surface area contributed by atoms with Crippen molar-refractivity contribution in [2.75, 3.05) is 0 Å². The van der Waals surface area contributed by atoms with Crippen molar-refractivity contribution in [1.82, 2.24) is 5.32 Å². The second-order valence-electron chi connectivity index (χ2n) is 4.07. The van der Waals surface area contributed by atoms with Gasteiger partial charge in [-0.1, -0.05) is 65.2 Å². The molecule has 0 rings (SSSR count). The van der Waals surface area contributed by atoms with Gasteiger partial charge in [0, 0.05) is 0 Å². The summed E-state index contributed by atoms with van der Waals surface area (Å²) in [6, 6.07) is 0. The van der Waals surface area contributed by atoms with Gasteiger partial charge in [0.25, 0.3) is 0 Å². The van der Waals surface area contributed by atoms with E-state index in [1.54, 1.807) is 0 Å². The van der Waals surface area contributed by atoms with E-state index in [1.807, 2.05) is 5.32 Å². The first-order chi connectivity index (χ1) is 8.04. The van der Waals surface area contributed by atoms with Crippen LogP contribution < -0.4 is 16.8 Å². The molecule has 0 aliphatic heterocycles. The minimum atomic E-state index is -0.312. The summed E-state index contributed by atoms with van der Waals surface area (Å²) in [6.45, 7) is 4.54. The predicted octanol–water partition coefficient (Wildman–Crippen LogP) is 2.51. The Kier molecular flexibility index (Phi) is 15.7. The molecule has 5 nitrogen and oxygen atoms in total. The lowest BCUT2D eigenvalue weighted by atomic mass is 10.1. The normalized spacial score (nSPS) is 9.06. The van der Waals surface area contributed by atoms with E-state index >= 15 is 0 Å². The van der Waals surface area contributed by atoms with Crippen molar-refractivity contribution in [2.24, 2.45) is 11.5 Å². The summed E-state index contributed by atoms with van der Waals surface area (Å²) in [5.74, 6) is -0.625. The molecule has 0 aliphatic rings. The molecule has 0 spiro atoms. The van der Waals surface area contributed by atoms with E-state index in [0.717, 1.165) is 0 Å². The number of hydrogen-bond acceptors (Lipinski definition) is 2. The molecule has 0 heterocycles. The summed E-state index contributed by atoms with van der Waals surface area (Å²) in [4.78, 5) is 0. The van der Waals surface area contributed by atoms with Gasteiger partial charge < -0.3 is 11.5 Å². The molecule has 0 saturated heterocycles. The quantitative estimate of drug-likeness (QED) is 0.269. The van der Waals surface area contributed by atoms with Crippen molar-refractivity contribution >= 4 is 11.9 Å². The second-order valence-corrected chi connectivity index (χ2v) is 4.07. The van der Waals surface area contributed by atoms with Crippen LogP contribution in [0.2, 0.25) is 0 Å². The second kappa shape index (κ2) is 14.7. The van der Waals surface area contributed by atoms with E-state index in [4.69, 9.17) is 22.3 Å². The van der Waals surface area contributed by atoms with Crippen LogP contribution in [0.5, 0.6) is 0 Å². The third-order valence-electron chi connectivity index (χ3n) is 2.23. The lowest BCUT2D eigenvalue weighted by molar-refractivity contribution is 0.585. The molecule has 0 aromatic heterocycles. The summed E-state index contributed by atoms with van der Waals surface area (Å²) in [6.07, 6.45) is 11.5. The number of unbranched alkanes of at least 4 members (excludes halogenated alkanes) is 7. The van der Waals surface area contributed by atoms with Gasteiger partial charge in [-0.15, -0.1) is 0 Å². The zero-order valence-corrected chi connectivity index (χ0v) is 11.3. The fourth-order valence-electron chi connectivity index (χ4n) is 1.35. The summed E-state index contributed by atoms with van der Waals surface area (Å²) in [5, 5.41) is 15.0. The maximum absolute atomic E-state index is 6.47. The van der Waals surface area contributed by atoms with E-state index in [0.29, 0.717) is 0 Å². The van der Waals surface area contributed by atoms with Crippen molar-refractivity contribution in [3.8, 4) is 0 Å². The molecule has 0 aliphatic carbocycles. The molecule has 0 atom stereocenters. The first kappa shape index (κ1) is 18.1. The number of hydrogen-bond donors (Lipinski definition) is 5.